The van der Waals surface area contributed by atoms with Crippen LogP contribution in [0.5, 0.6) is 0 Å². The van der Waals surface area contributed by atoms with Gasteiger partial charge in [-0.15, -0.1) is 0 Å². The lowest BCUT2D eigenvalue weighted by Gasteiger charge is -1.86. The van der Waals surface area contributed by atoms with Gasteiger partial charge in [-0.3, -0.25) is 10.2 Å². The normalized spacial score (nSPS) is 9.25. The van der Waals surface area contributed by atoms with Crippen molar-refractivity contribution < 1.29 is 9.63 Å². The van der Waals surface area contributed by atoms with Crippen molar-refractivity contribution >= 4 is 12.1 Å². The van der Waals surface area contributed by atoms with E-state index >= 15 is 0 Å². The predicted octanol–water partition coefficient (Wildman–Crippen LogP) is -1.39. The van der Waals surface area contributed by atoms with Crippen molar-refractivity contribution in [2.75, 3.05) is 7.11 Å². The highest BCUT2D eigenvalue weighted by Crippen LogP contribution is 1.61. The van der Waals surface area contributed by atoms with E-state index in [1.54, 1.807) is 0 Å². The van der Waals surface area contributed by atoms with Gasteiger partial charge in [-0.2, -0.15) is 0 Å². The quantitative estimate of drug-likeness (QED) is 0.202. The first kappa shape index (κ1) is 6.90. The van der Waals surface area contributed by atoms with E-state index in [2.05, 4.69) is 15.8 Å². The van der Waals surface area contributed by atoms with Crippen LogP contribution in [0.15, 0.2) is 5.16 Å². The number of hydrazine groups is 1. The number of hydrogen-bond donors (Lipinski definition) is 2. The zero-order valence-corrected chi connectivity index (χ0v) is 4.42. The number of amides is 1. The van der Waals surface area contributed by atoms with Crippen molar-refractivity contribution in [2.24, 2.45) is 11.0 Å². The van der Waals surface area contributed by atoms with Gasteiger partial charge in [-0.05, 0) is 0 Å². The standard InChI is InChI=1S/C3H7N3O2/c1-8-5-2-3(7)6-4/h2H,4H2,1H3,(H,6,7). The van der Waals surface area contributed by atoms with Crippen LogP contribution in [0.3, 0.4) is 0 Å². The van der Waals surface area contributed by atoms with Crippen molar-refractivity contribution in [1.29, 1.82) is 0 Å². The summed E-state index contributed by atoms with van der Waals surface area (Å²) in [6.45, 7) is 0. The molecule has 0 spiro atoms. The van der Waals surface area contributed by atoms with Gasteiger partial charge in [0.25, 0.3) is 5.91 Å². The Morgan fingerprint density at radius 2 is 2.62 bits per heavy atom. The first-order chi connectivity index (χ1) is 3.81. The lowest BCUT2D eigenvalue weighted by Crippen LogP contribution is -2.30. The monoisotopic (exact) mass is 117 g/mol. The molecule has 3 N–H and O–H groups in total. The number of nitrogens with one attached hydrogen (secondary N) is 1. The molecule has 0 rings (SSSR count). The van der Waals surface area contributed by atoms with E-state index in [9.17, 15) is 4.79 Å². The van der Waals surface area contributed by atoms with Crippen LogP contribution in [0.2, 0.25) is 0 Å². The molecule has 0 atom stereocenters. The molecular weight excluding hydrogens is 110 g/mol. The summed E-state index contributed by atoms with van der Waals surface area (Å²) in [4.78, 5) is 14.3. The fourth-order valence-corrected chi connectivity index (χ4v) is 0.138. The molecule has 0 saturated heterocycles. The third-order valence-electron chi connectivity index (χ3n) is 0.418. The zero-order valence-electron chi connectivity index (χ0n) is 4.42. The Labute approximate surface area is 46.5 Å². The SMILES string of the molecule is CON=CC(=O)NN. The molecule has 1 amide bonds. The van der Waals surface area contributed by atoms with Gasteiger partial charge in [0.2, 0.25) is 0 Å². The van der Waals surface area contributed by atoms with E-state index in [0.717, 1.165) is 6.21 Å². The highest BCUT2D eigenvalue weighted by atomic mass is 16.6. The van der Waals surface area contributed by atoms with Crippen LogP contribution in [0.4, 0.5) is 0 Å². The largest absolute Gasteiger partial charge is 0.399 e. The van der Waals surface area contributed by atoms with Crippen LogP contribution < -0.4 is 11.3 Å². The van der Waals surface area contributed by atoms with E-state index in [-0.39, 0.29) is 0 Å². The number of oxime groups is 1. The van der Waals surface area contributed by atoms with Gasteiger partial charge in [0.05, 0.1) is 0 Å². The summed E-state index contributed by atoms with van der Waals surface area (Å²) in [5.74, 6) is 4.17. The Bertz CT molecular complexity index is 101. The van der Waals surface area contributed by atoms with Crippen LogP contribution in [0.25, 0.3) is 0 Å². The molecule has 0 saturated carbocycles. The summed E-state index contributed by atoms with van der Waals surface area (Å²) in [7, 11) is 1.33. The van der Waals surface area contributed by atoms with E-state index in [4.69, 9.17) is 0 Å². The van der Waals surface area contributed by atoms with Crippen molar-refractivity contribution in [3.8, 4) is 0 Å². The number of carbonyl (C=O) groups is 1. The summed E-state index contributed by atoms with van der Waals surface area (Å²) >= 11 is 0. The molecular formula is C3H7N3O2. The van der Waals surface area contributed by atoms with Gasteiger partial charge in [-0.1, -0.05) is 5.16 Å². The molecule has 0 fully saturated rings. The average molecular weight is 117 g/mol. The van der Waals surface area contributed by atoms with Gasteiger partial charge in [0.1, 0.15) is 13.3 Å². The topological polar surface area (TPSA) is 76.7 Å². The van der Waals surface area contributed by atoms with E-state index in [1.165, 1.54) is 7.11 Å². The number of rotatable bonds is 2. The summed E-state index contributed by atoms with van der Waals surface area (Å²) in [6.07, 6.45) is 0.931. The Balaban J connectivity index is 3.37. The maximum atomic E-state index is 10.1. The Kier molecular flexibility index (Phi) is 3.51. The number of nitrogens with two attached hydrogens (primary N) is 1. The summed E-state index contributed by atoms with van der Waals surface area (Å²) in [5.41, 5.74) is 1.83. The fraction of sp³-hybridized carbons (Fsp3) is 0.333. The highest BCUT2D eigenvalue weighted by molar-refractivity contribution is 6.25. The Hall–Kier alpha value is -1.10. The van der Waals surface area contributed by atoms with Crippen LogP contribution in [0.1, 0.15) is 0 Å². The van der Waals surface area contributed by atoms with Crippen molar-refractivity contribution in [3.63, 3.8) is 0 Å². The van der Waals surface area contributed by atoms with Crippen molar-refractivity contribution in [2.45, 2.75) is 0 Å². The van der Waals surface area contributed by atoms with Gasteiger partial charge >= 0.3 is 0 Å². The molecule has 0 aromatic carbocycles. The molecule has 0 aromatic rings. The molecule has 5 nitrogen and oxygen atoms in total. The lowest BCUT2D eigenvalue weighted by molar-refractivity contribution is -0.114. The zero-order chi connectivity index (χ0) is 6.41. The van der Waals surface area contributed by atoms with Crippen LogP contribution >= 0.6 is 0 Å². The fourth-order valence-electron chi connectivity index (χ4n) is 0.138. The van der Waals surface area contributed by atoms with Gasteiger partial charge in [-0.25, -0.2) is 5.84 Å². The number of nitrogens with zero attached hydrogens (tertiary/aromatic N) is 1. The maximum absolute atomic E-state index is 10.1. The Morgan fingerprint density at radius 1 is 2.00 bits per heavy atom. The van der Waals surface area contributed by atoms with Gasteiger partial charge in [0.15, 0.2) is 0 Å². The smallest absolute Gasteiger partial charge is 0.279 e. The molecule has 0 aliphatic carbocycles. The molecule has 8 heavy (non-hydrogen) atoms. The molecule has 0 aliphatic heterocycles. The molecule has 46 valence electrons. The molecule has 0 aliphatic rings. The number of carbonyl (C=O) groups excluding carboxylic acids is 1. The van der Waals surface area contributed by atoms with Gasteiger partial charge < -0.3 is 4.84 Å². The second kappa shape index (κ2) is 4.07. The molecule has 0 heterocycles. The third-order valence-corrected chi connectivity index (χ3v) is 0.418. The molecule has 0 bridgehead atoms. The lowest BCUT2D eigenvalue weighted by atomic mass is 10.7. The summed E-state index contributed by atoms with van der Waals surface area (Å²) in [5, 5.41) is 3.13. The van der Waals surface area contributed by atoms with Crippen LogP contribution in [-0.2, 0) is 9.63 Å². The van der Waals surface area contributed by atoms with Crippen molar-refractivity contribution in [1.82, 2.24) is 5.43 Å². The van der Waals surface area contributed by atoms with E-state index < -0.39 is 5.91 Å². The van der Waals surface area contributed by atoms with E-state index in [1.807, 2.05) is 5.43 Å². The summed E-state index contributed by atoms with van der Waals surface area (Å²) < 4.78 is 0. The minimum Gasteiger partial charge on any atom is -0.399 e. The molecule has 0 aromatic heterocycles. The minimum absolute atomic E-state index is 0.494. The maximum Gasteiger partial charge on any atom is 0.279 e. The highest BCUT2D eigenvalue weighted by Gasteiger charge is 1.86. The number of hydrogen-bond acceptors (Lipinski definition) is 4. The molecule has 0 unspecified atom stereocenters. The second-order valence-electron chi connectivity index (χ2n) is 0.926. The summed E-state index contributed by atoms with van der Waals surface area (Å²) in [6, 6.07) is 0. The van der Waals surface area contributed by atoms with Crippen molar-refractivity contribution in [3.05, 3.63) is 0 Å². The van der Waals surface area contributed by atoms with Crippen LogP contribution in [-0.4, -0.2) is 19.2 Å². The average Bonchev–Trinajstić information content (AvgIpc) is 1.83. The minimum atomic E-state index is -0.494. The van der Waals surface area contributed by atoms with E-state index in [0.29, 0.717) is 0 Å². The first-order valence-electron chi connectivity index (χ1n) is 1.88. The third kappa shape index (κ3) is 3.10. The Morgan fingerprint density at radius 3 is 3.00 bits per heavy atom. The van der Waals surface area contributed by atoms with Gasteiger partial charge in [0, 0.05) is 0 Å². The molecule has 5 heteroatoms. The second-order valence-corrected chi connectivity index (χ2v) is 0.926. The molecule has 0 radical (unpaired) electrons. The van der Waals surface area contributed by atoms with Crippen LogP contribution in [0, 0.1) is 0 Å². The first-order valence-corrected chi connectivity index (χ1v) is 1.88. The predicted molar refractivity (Wildman–Crippen MR) is 27.8 cm³/mol.